The van der Waals surface area contributed by atoms with Gasteiger partial charge in [0.25, 0.3) is 10.1 Å². The third-order valence-corrected chi connectivity index (χ3v) is 6.02. The molecular formula is C23H48FNO3S. The lowest BCUT2D eigenvalue weighted by Crippen LogP contribution is -2.11. The molecule has 29 heavy (non-hydrogen) atoms. The Labute approximate surface area is 181 Å². The molecule has 0 aliphatic carbocycles. The van der Waals surface area contributed by atoms with E-state index in [-0.39, 0.29) is 12.4 Å². The summed E-state index contributed by atoms with van der Waals surface area (Å²) in [6.45, 7) is 6.22. The topological polar surface area (TPSA) is 69.4 Å². The van der Waals surface area contributed by atoms with Gasteiger partial charge in [0.15, 0.2) is 0 Å². The zero-order valence-corrected chi connectivity index (χ0v) is 19.8. The molecule has 0 saturated carbocycles. The van der Waals surface area contributed by atoms with Gasteiger partial charge < -0.3 is 5.73 Å². The van der Waals surface area contributed by atoms with Crippen LogP contribution < -0.4 is 5.73 Å². The summed E-state index contributed by atoms with van der Waals surface area (Å²) in [6, 6.07) is 0. The summed E-state index contributed by atoms with van der Waals surface area (Å²) in [6.07, 6.45) is 19.1. The molecule has 0 saturated heterocycles. The summed E-state index contributed by atoms with van der Waals surface area (Å²) >= 11 is 0. The minimum atomic E-state index is -3.36. The van der Waals surface area contributed by atoms with Crippen LogP contribution in [0.1, 0.15) is 110 Å². The Morgan fingerprint density at radius 1 is 0.793 bits per heavy atom. The maximum atomic E-state index is 11.9. The maximum absolute atomic E-state index is 11.9. The van der Waals surface area contributed by atoms with Gasteiger partial charge in [-0.1, -0.05) is 96.5 Å². The molecule has 0 heterocycles. The van der Waals surface area contributed by atoms with Crippen LogP contribution in [0.15, 0.2) is 12.7 Å². The van der Waals surface area contributed by atoms with Crippen LogP contribution >= 0.6 is 0 Å². The van der Waals surface area contributed by atoms with Gasteiger partial charge in [0.2, 0.25) is 0 Å². The largest absolute Gasteiger partial charge is 0.327 e. The number of nitrogens with two attached hydrogens (primary N) is 1. The molecule has 4 nitrogen and oxygen atoms in total. The predicted molar refractivity (Wildman–Crippen MR) is 125 cm³/mol. The van der Waals surface area contributed by atoms with Crippen molar-refractivity contribution in [1.29, 1.82) is 0 Å². The number of hydrogen-bond acceptors (Lipinski definition) is 4. The fraction of sp³-hybridized carbons (Fsp3) is 0.913. The van der Waals surface area contributed by atoms with Gasteiger partial charge in [-0.2, -0.15) is 8.42 Å². The third kappa shape index (κ3) is 29.8. The van der Waals surface area contributed by atoms with Gasteiger partial charge in [0, 0.05) is 6.54 Å². The number of alkyl halides is 1. The normalized spacial score (nSPS) is 11.1. The van der Waals surface area contributed by atoms with Crippen molar-refractivity contribution >= 4 is 10.1 Å². The van der Waals surface area contributed by atoms with Gasteiger partial charge in [-0.25, -0.2) is 0 Å². The second kappa shape index (κ2) is 25.6. The number of rotatable bonds is 21. The van der Waals surface area contributed by atoms with Crippen LogP contribution in [0.25, 0.3) is 0 Å². The molecular weight excluding hydrogens is 389 g/mol. The molecule has 0 fully saturated rings. The van der Waals surface area contributed by atoms with Crippen molar-refractivity contribution in [2.24, 2.45) is 5.73 Å². The predicted octanol–water partition coefficient (Wildman–Crippen LogP) is 6.69. The van der Waals surface area contributed by atoms with Crippen molar-refractivity contribution in [2.45, 2.75) is 110 Å². The van der Waals surface area contributed by atoms with Gasteiger partial charge >= 0.3 is 0 Å². The van der Waals surface area contributed by atoms with E-state index < -0.39 is 10.1 Å². The molecule has 176 valence electrons. The maximum Gasteiger partial charge on any atom is 0.267 e. The number of hydrogen-bond donors (Lipinski definition) is 1. The zero-order valence-electron chi connectivity index (χ0n) is 19.0. The van der Waals surface area contributed by atoms with Crippen LogP contribution in [-0.2, 0) is 14.3 Å². The molecule has 0 aromatic carbocycles. The Morgan fingerprint density at radius 3 is 1.66 bits per heavy atom. The van der Waals surface area contributed by atoms with Gasteiger partial charge in [-0.05, 0) is 19.3 Å². The van der Waals surface area contributed by atoms with Crippen LogP contribution in [0.2, 0.25) is 0 Å². The standard InChI is InChI=1S/C20H41FO3S.C3H7N/c1-2-3-4-5-6-7-8-9-10-13-16-19-24-25(22,23)20-17-14-11-12-15-18-21;1-2-3-4/h2-20H2,1H3;2H,1,3-4H2. The lowest BCUT2D eigenvalue weighted by molar-refractivity contribution is 0.305. The molecule has 0 unspecified atom stereocenters. The van der Waals surface area contributed by atoms with Crippen LogP contribution in [0.5, 0.6) is 0 Å². The van der Waals surface area contributed by atoms with E-state index in [1.807, 2.05) is 0 Å². The Balaban J connectivity index is 0. The average Bonchev–Trinajstić information content (AvgIpc) is 2.71. The minimum Gasteiger partial charge on any atom is -0.327 e. The second-order valence-electron chi connectivity index (χ2n) is 7.60. The first-order valence-electron chi connectivity index (χ1n) is 11.8. The summed E-state index contributed by atoms with van der Waals surface area (Å²) in [5.41, 5.74) is 4.91. The highest BCUT2D eigenvalue weighted by molar-refractivity contribution is 7.86. The summed E-state index contributed by atoms with van der Waals surface area (Å²) in [5, 5.41) is 0. The molecule has 0 aromatic heterocycles. The number of halogens is 1. The van der Waals surface area contributed by atoms with Crippen molar-refractivity contribution in [2.75, 3.05) is 25.6 Å². The Kier molecular flexibility index (Phi) is 27.1. The molecule has 6 heteroatoms. The van der Waals surface area contributed by atoms with E-state index in [9.17, 15) is 12.8 Å². The fourth-order valence-electron chi connectivity index (χ4n) is 2.91. The lowest BCUT2D eigenvalue weighted by Gasteiger charge is -2.06. The molecule has 0 atom stereocenters. The van der Waals surface area contributed by atoms with E-state index in [0.717, 1.165) is 32.1 Å². The molecule has 0 aromatic rings. The van der Waals surface area contributed by atoms with Gasteiger partial charge in [-0.3, -0.25) is 8.57 Å². The summed E-state index contributed by atoms with van der Waals surface area (Å²) < 4.78 is 40.4. The first-order valence-corrected chi connectivity index (χ1v) is 13.4. The first kappa shape index (κ1) is 30.7. The van der Waals surface area contributed by atoms with Crippen molar-refractivity contribution < 1.29 is 17.0 Å². The molecule has 2 N–H and O–H groups in total. The van der Waals surface area contributed by atoms with Crippen molar-refractivity contribution in [3.8, 4) is 0 Å². The molecule has 0 radical (unpaired) electrons. The van der Waals surface area contributed by atoms with Gasteiger partial charge in [0.05, 0.1) is 19.0 Å². The highest BCUT2D eigenvalue weighted by Crippen LogP contribution is 2.12. The Bertz CT molecular complexity index is 416. The third-order valence-electron chi connectivity index (χ3n) is 4.71. The molecule has 0 bridgehead atoms. The fourth-order valence-corrected chi connectivity index (χ4v) is 3.96. The van der Waals surface area contributed by atoms with Gasteiger partial charge in [-0.15, -0.1) is 6.58 Å². The average molecular weight is 438 g/mol. The molecule has 0 rings (SSSR count). The van der Waals surface area contributed by atoms with Crippen LogP contribution in [0.4, 0.5) is 4.39 Å². The van der Waals surface area contributed by atoms with Gasteiger partial charge in [0.1, 0.15) is 0 Å². The first-order chi connectivity index (χ1) is 14.0. The smallest absolute Gasteiger partial charge is 0.267 e. The minimum absolute atomic E-state index is 0.0979. The van der Waals surface area contributed by atoms with E-state index in [1.54, 1.807) is 6.08 Å². The zero-order chi connectivity index (χ0) is 22.1. The van der Waals surface area contributed by atoms with Crippen LogP contribution in [0.3, 0.4) is 0 Å². The Hall–Kier alpha value is -0.460. The quantitative estimate of drug-likeness (QED) is 0.123. The van der Waals surface area contributed by atoms with Crippen molar-refractivity contribution in [3.05, 3.63) is 12.7 Å². The molecule has 0 amide bonds. The number of unbranched alkanes of at least 4 members (excludes halogenated alkanes) is 14. The van der Waals surface area contributed by atoms with E-state index in [2.05, 4.69) is 13.5 Å². The molecule has 0 aliphatic heterocycles. The van der Waals surface area contributed by atoms with Crippen LogP contribution in [-0.4, -0.2) is 34.0 Å². The van der Waals surface area contributed by atoms with Crippen molar-refractivity contribution in [1.82, 2.24) is 0 Å². The highest BCUT2D eigenvalue weighted by atomic mass is 32.2. The van der Waals surface area contributed by atoms with Crippen LogP contribution in [0, 0.1) is 0 Å². The van der Waals surface area contributed by atoms with E-state index in [4.69, 9.17) is 9.92 Å². The molecule has 0 spiro atoms. The lowest BCUT2D eigenvalue weighted by atomic mass is 10.1. The summed E-state index contributed by atoms with van der Waals surface area (Å²) in [4.78, 5) is 0. The van der Waals surface area contributed by atoms with E-state index in [0.29, 0.717) is 26.0 Å². The highest BCUT2D eigenvalue weighted by Gasteiger charge is 2.10. The van der Waals surface area contributed by atoms with Crippen molar-refractivity contribution in [3.63, 3.8) is 0 Å². The SMILES string of the molecule is C=CCN.CCCCCCCCCCCCCOS(=O)(=O)CCCCCCCF. The Morgan fingerprint density at radius 2 is 1.21 bits per heavy atom. The molecule has 0 aliphatic rings. The summed E-state index contributed by atoms with van der Waals surface area (Å²) in [7, 11) is -3.36. The van der Waals surface area contributed by atoms with E-state index in [1.165, 1.54) is 57.8 Å². The monoisotopic (exact) mass is 437 g/mol. The second-order valence-corrected chi connectivity index (χ2v) is 9.36. The summed E-state index contributed by atoms with van der Waals surface area (Å²) in [5.74, 6) is 0.0979. The van der Waals surface area contributed by atoms with E-state index >= 15 is 0 Å².